The highest BCUT2D eigenvalue weighted by molar-refractivity contribution is 5.87. The molecule has 2 rings (SSSR count). The lowest BCUT2D eigenvalue weighted by Gasteiger charge is -1.96. The molecule has 2 aromatic rings. The van der Waals surface area contributed by atoms with E-state index < -0.39 is 5.97 Å². The van der Waals surface area contributed by atoms with Crippen molar-refractivity contribution in [2.75, 3.05) is 7.11 Å². The van der Waals surface area contributed by atoms with Gasteiger partial charge in [-0.15, -0.1) is 0 Å². The van der Waals surface area contributed by atoms with E-state index in [2.05, 4.69) is 5.16 Å². The zero-order valence-electron chi connectivity index (χ0n) is 9.29. The van der Waals surface area contributed by atoms with Gasteiger partial charge in [0, 0.05) is 25.6 Å². The van der Waals surface area contributed by atoms with Crippen molar-refractivity contribution in [3.63, 3.8) is 0 Å². The normalized spacial score (nSPS) is 10.6. The maximum Gasteiger partial charge on any atom is 0.337 e. The van der Waals surface area contributed by atoms with E-state index in [9.17, 15) is 4.79 Å². The number of nitrogens with zero attached hydrogens (tertiary/aromatic N) is 2. The monoisotopic (exact) mass is 236 g/mol. The van der Waals surface area contributed by atoms with Crippen LogP contribution < -0.4 is 0 Å². The van der Waals surface area contributed by atoms with Gasteiger partial charge in [-0.1, -0.05) is 5.16 Å². The average Bonchev–Trinajstić information content (AvgIpc) is 2.89. The SMILES string of the molecule is COCc1cc(Cn2ccc(C(=O)O)c2)no1. The van der Waals surface area contributed by atoms with Crippen molar-refractivity contribution >= 4 is 5.97 Å². The number of carboxylic acids is 1. The Labute approximate surface area is 97.4 Å². The number of hydrogen-bond donors (Lipinski definition) is 1. The van der Waals surface area contributed by atoms with Gasteiger partial charge in [-0.05, 0) is 6.07 Å². The Bertz CT molecular complexity index is 515. The zero-order valence-corrected chi connectivity index (χ0v) is 9.29. The fourth-order valence-electron chi connectivity index (χ4n) is 1.49. The molecule has 0 aromatic carbocycles. The molecule has 2 aromatic heterocycles. The summed E-state index contributed by atoms with van der Waals surface area (Å²) >= 11 is 0. The largest absolute Gasteiger partial charge is 0.478 e. The van der Waals surface area contributed by atoms with Crippen molar-refractivity contribution in [1.29, 1.82) is 0 Å². The molecular formula is C11H12N2O4. The van der Waals surface area contributed by atoms with E-state index in [-0.39, 0.29) is 5.56 Å². The summed E-state index contributed by atoms with van der Waals surface area (Å²) in [6.07, 6.45) is 3.24. The standard InChI is InChI=1S/C11H12N2O4/c1-16-7-10-4-9(12-17-10)6-13-3-2-8(5-13)11(14)15/h2-5H,6-7H2,1H3,(H,14,15). The third kappa shape index (κ3) is 2.73. The molecule has 17 heavy (non-hydrogen) atoms. The van der Waals surface area contributed by atoms with Gasteiger partial charge in [0.15, 0.2) is 5.76 Å². The number of hydrogen-bond acceptors (Lipinski definition) is 4. The van der Waals surface area contributed by atoms with Crippen molar-refractivity contribution in [2.45, 2.75) is 13.2 Å². The molecule has 2 heterocycles. The van der Waals surface area contributed by atoms with E-state index in [0.29, 0.717) is 18.9 Å². The van der Waals surface area contributed by atoms with Crippen LogP contribution in [0, 0.1) is 0 Å². The second kappa shape index (κ2) is 4.84. The molecule has 0 spiro atoms. The minimum Gasteiger partial charge on any atom is -0.478 e. The molecule has 1 N–H and O–H groups in total. The zero-order chi connectivity index (χ0) is 12.3. The molecule has 0 saturated carbocycles. The Morgan fingerprint density at radius 2 is 2.47 bits per heavy atom. The minimum atomic E-state index is -0.941. The molecule has 0 amide bonds. The van der Waals surface area contributed by atoms with E-state index in [4.69, 9.17) is 14.4 Å². The highest BCUT2D eigenvalue weighted by Gasteiger charge is 2.07. The van der Waals surface area contributed by atoms with Crippen LogP contribution in [0.1, 0.15) is 21.8 Å². The van der Waals surface area contributed by atoms with Crippen LogP contribution in [0.2, 0.25) is 0 Å². The van der Waals surface area contributed by atoms with E-state index in [1.54, 1.807) is 36.2 Å². The van der Waals surface area contributed by atoms with Crippen molar-refractivity contribution in [3.05, 3.63) is 41.5 Å². The number of carboxylic acid groups (broad SMARTS) is 1. The molecular weight excluding hydrogens is 224 g/mol. The molecule has 6 heteroatoms. The Kier molecular flexibility index (Phi) is 3.24. The van der Waals surface area contributed by atoms with Gasteiger partial charge in [0.05, 0.1) is 12.1 Å². The van der Waals surface area contributed by atoms with Gasteiger partial charge in [0.25, 0.3) is 0 Å². The second-order valence-corrected chi connectivity index (χ2v) is 3.60. The molecule has 6 nitrogen and oxygen atoms in total. The van der Waals surface area contributed by atoms with Gasteiger partial charge >= 0.3 is 5.97 Å². The summed E-state index contributed by atoms with van der Waals surface area (Å²) in [4.78, 5) is 10.7. The molecule has 0 bridgehead atoms. The summed E-state index contributed by atoms with van der Waals surface area (Å²) in [6, 6.07) is 3.32. The van der Waals surface area contributed by atoms with Crippen LogP contribution in [0.5, 0.6) is 0 Å². The molecule has 0 fully saturated rings. The minimum absolute atomic E-state index is 0.255. The summed E-state index contributed by atoms with van der Waals surface area (Å²) in [6.45, 7) is 0.847. The number of ether oxygens (including phenoxy) is 1. The third-order valence-corrected chi connectivity index (χ3v) is 2.24. The first kappa shape index (κ1) is 11.4. The predicted molar refractivity (Wildman–Crippen MR) is 57.7 cm³/mol. The number of aromatic nitrogens is 2. The molecule has 0 aliphatic rings. The first-order chi connectivity index (χ1) is 8.19. The smallest absolute Gasteiger partial charge is 0.337 e. The highest BCUT2D eigenvalue weighted by Crippen LogP contribution is 2.08. The fraction of sp³-hybridized carbons (Fsp3) is 0.273. The van der Waals surface area contributed by atoms with Gasteiger partial charge in [-0.3, -0.25) is 0 Å². The quantitative estimate of drug-likeness (QED) is 0.848. The first-order valence-corrected chi connectivity index (χ1v) is 5.01. The van der Waals surface area contributed by atoms with Crippen LogP contribution in [0.25, 0.3) is 0 Å². The Morgan fingerprint density at radius 3 is 3.12 bits per heavy atom. The lowest BCUT2D eigenvalue weighted by Crippen LogP contribution is -1.98. The maximum atomic E-state index is 10.7. The van der Waals surface area contributed by atoms with Crippen molar-refractivity contribution < 1.29 is 19.2 Å². The highest BCUT2D eigenvalue weighted by atomic mass is 16.5. The van der Waals surface area contributed by atoms with Crippen LogP contribution in [0.4, 0.5) is 0 Å². The van der Waals surface area contributed by atoms with E-state index >= 15 is 0 Å². The molecule has 90 valence electrons. The van der Waals surface area contributed by atoms with Gasteiger partial charge in [0.1, 0.15) is 12.3 Å². The van der Waals surface area contributed by atoms with E-state index in [1.165, 1.54) is 0 Å². The van der Waals surface area contributed by atoms with Gasteiger partial charge in [-0.25, -0.2) is 4.79 Å². The predicted octanol–water partition coefficient (Wildman–Crippen LogP) is 1.37. The van der Waals surface area contributed by atoms with Crippen molar-refractivity contribution in [1.82, 2.24) is 9.72 Å². The molecule has 0 radical (unpaired) electrons. The molecule has 0 aliphatic heterocycles. The van der Waals surface area contributed by atoms with Crippen molar-refractivity contribution in [2.24, 2.45) is 0 Å². The molecule has 0 saturated heterocycles. The summed E-state index contributed by atoms with van der Waals surface area (Å²) in [5.74, 6) is -0.294. The average molecular weight is 236 g/mol. The molecule has 0 aliphatic carbocycles. The number of rotatable bonds is 5. The fourth-order valence-corrected chi connectivity index (χ4v) is 1.49. The lowest BCUT2D eigenvalue weighted by molar-refractivity contribution is 0.0697. The van der Waals surface area contributed by atoms with Crippen LogP contribution >= 0.6 is 0 Å². The Balaban J connectivity index is 2.05. The Hall–Kier alpha value is -2.08. The number of carbonyl (C=O) groups is 1. The van der Waals surface area contributed by atoms with E-state index in [1.807, 2.05) is 0 Å². The summed E-state index contributed by atoms with van der Waals surface area (Å²) < 4.78 is 11.7. The van der Waals surface area contributed by atoms with Crippen LogP contribution in [0.3, 0.4) is 0 Å². The summed E-state index contributed by atoms with van der Waals surface area (Å²) in [7, 11) is 1.58. The number of methoxy groups -OCH3 is 1. The summed E-state index contributed by atoms with van der Waals surface area (Å²) in [5.41, 5.74) is 0.982. The topological polar surface area (TPSA) is 77.5 Å². The third-order valence-electron chi connectivity index (χ3n) is 2.24. The second-order valence-electron chi connectivity index (χ2n) is 3.60. The maximum absolute atomic E-state index is 10.7. The first-order valence-electron chi connectivity index (χ1n) is 5.01. The lowest BCUT2D eigenvalue weighted by atomic mass is 10.3. The van der Waals surface area contributed by atoms with Gasteiger partial charge in [-0.2, -0.15) is 0 Å². The molecule has 0 atom stereocenters. The van der Waals surface area contributed by atoms with Crippen molar-refractivity contribution in [3.8, 4) is 0 Å². The number of aromatic carboxylic acids is 1. The summed E-state index contributed by atoms with van der Waals surface area (Å²) in [5, 5.41) is 12.6. The van der Waals surface area contributed by atoms with Crippen LogP contribution in [-0.2, 0) is 17.9 Å². The van der Waals surface area contributed by atoms with Crippen LogP contribution in [0.15, 0.2) is 29.0 Å². The molecule has 0 unspecified atom stereocenters. The van der Waals surface area contributed by atoms with Gasteiger partial charge < -0.3 is 18.9 Å². The Morgan fingerprint density at radius 1 is 1.65 bits per heavy atom. The van der Waals surface area contributed by atoms with Gasteiger partial charge in [0.2, 0.25) is 0 Å². The van der Waals surface area contributed by atoms with E-state index in [0.717, 1.165) is 5.69 Å². The van der Waals surface area contributed by atoms with Crippen LogP contribution in [-0.4, -0.2) is 27.9 Å².